The van der Waals surface area contributed by atoms with Crippen molar-refractivity contribution in [1.29, 1.82) is 0 Å². The van der Waals surface area contributed by atoms with Crippen LogP contribution in [0.25, 0.3) is 0 Å². The highest BCUT2D eigenvalue weighted by Gasteiger charge is 2.31. The number of hydrogen-bond donors (Lipinski definition) is 2. The third kappa shape index (κ3) is 2.99. The Kier molecular flexibility index (Phi) is 3.81. The van der Waals surface area contributed by atoms with Crippen LogP contribution in [-0.2, 0) is 16.0 Å². The minimum absolute atomic E-state index is 0.262. The van der Waals surface area contributed by atoms with E-state index in [1.54, 1.807) is 18.2 Å². The van der Waals surface area contributed by atoms with Gasteiger partial charge in [0.05, 0.1) is 5.56 Å². The maximum atomic E-state index is 12.2. The molecule has 1 atom stereocenters. The van der Waals surface area contributed by atoms with Crippen LogP contribution in [0.2, 0.25) is 0 Å². The van der Waals surface area contributed by atoms with Crippen molar-refractivity contribution in [2.24, 2.45) is 0 Å². The van der Waals surface area contributed by atoms with Crippen LogP contribution in [0.1, 0.15) is 48.3 Å². The SMILES string of the molecule is CC(C)(C)OC(=O)C1NCCc2c(C(=O)O)cccc21. The number of benzene rings is 1. The minimum Gasteiger partial charge on any atom is -0.478 e. The number of hydrogen-bond acceptors (Lipinski definition) is 4. The molecule has 1 aliphatic rings. The van der Waals surface area contributed by atoms with Crippen molar-refractivity contribution in [3.63, 3.8) is 0 Å². The molecule has 0 saturated heterocycles. The van der Waals surface area contributed by atoms with Gasteiger partial charge in [0.2, 0.25) is 0 Å². The van der Waals surface area contributed by atoms with Gasteiger partial charge in [0.25, 0.3) is 0 Å². The average molecular weight is 277 g/mol. The smallest absolute Gasteiger partial charge is 0.335 e. The topological polar surface area (TPSA) is 75.6 Å². The van der Waals surface area contributed by atoms with Crippen LogP contribution in [0.3, 0.4) is 0 Å². The van der Waals surface area contributed by atoms with Crippen LogP contribution in [-0.4, -0.2) is 29.2 Å². The monoisotopic (exact) mass is 277 g/mol. The first kappa shape index (κ1) is 14.5. The second-order valence-electron chi connectivity index (χ2n) is 5.85. The van der Waals surface area contributed by atoms with Gasteiger partial charge in [0.15, 0.2) is 0 Å². The van der Waals surface area contributed by atoms with Crippen LogP contribution >= 0.6 is 0 Å². The molecule has 0 amide bonds. The van der Waals surface area contributed by atoms with Gasteiger partial charge < -0.3 is 15.2 Å². The Morgan fingerprint density at radius 2 is 2.05 bits per heavy atom. The van der Waals surface area contributed by atoms with E-state index in [1.165, 1.54) is 0 Å². The molecule has 0 saturated carbocycles. The lowest BCUT2D eigenvalue weighted by Crippen LogP contribution is -2.39. The van der Waals surface area contributed by atoms with E-state index in [2.05, 4.69) is 5.32 Å². The van der Waals surface area contributed by atoms with Gasteiger partial charge in [-0.2, -0.15) is 0 Å². The number of esters is 1. The van der Waals surface area contributed by atoms with Crippen molar-refractivity contribution in [3.8, 4) is 0 Å². The lowest BCUT2D eigenvalue weighted by molar-refractivity contribution is -0.157. The van der Waals surface area contributed by atoms with Crippen LogP contribution in [0.4, 0.5) is 0 Å². The molecule has 20 heavy (non-hydrogen) atoms. The van der Waals surface area contributed by atoms with E-state index in [0.717, 1.165) is 5.56 Å². The van der Waals surface area contributed by atoms with Gasteiger partial charge in [-0.25, -0.2) is 9.59 Å². The normalized spacial score (nSPS) is 18.2. The molecule has 1 aromatic carbocycles. The maximum absolute atomic E-state index is 12.2. The van der Waals surface area contributed by atoms with Crippen molar-refractivity contribution in [1.82, 2.24) is 5.32 Å². The van der Waals surface area contributed by atoms with Crippen LogP contribution in [0.5, 0.6) is 0 Å². The molecular formula is C15H19NO4. The molecule has 2 rings (SSSR count). The molecule has 5 heteroatoms. The van der Waals surface area contributed by atoms with Crippen molar-refractivity contribution < 1.29 is 19.4 Å². The Bertz CT molecular complexity index is 545. The fourth-order valence-electron chi connectivity index (χ4n) is 2.38. The Labute approximate surface area is 117 Å². The Hall–Kier alpha value is -1.88. The standard InChI is InChI=1S/C15H19NO4/c1-15(2,3)20-14(19)12-10-5-4-6-11(13(17)18)9(10)7-8-16-12/h4-6,12,16H,7-8H2,1-3H3,(H,17,18). The molecule has 2 N–H and O–H groups in total. The summed E-state index contributed by atoms with van der Waals surface area (Å²) in [7, 11) is 0. The third-order valence-electron chi connectivity index (χ3n) is 3.12. The van der Waals surface area contributed by atoms with Gasteiger partial charge in [-0.15, -0.1) is 0 Å². The van der Waals surface area contributed by atoms with Gasteiger partial charge >= 0.3 is 11.9 Å². The van der Waals surface area contributed by atoms with E-state index in [0.29, 0.717) is 18.5 Å². The molecule has 0 aromatic heterocycles. The summed E-state index contributed by atoms with van der Waals surface area (Å²) in [5.74, 6) is -1.34. The number of carboxylic acid groups (broad SMARTS) is 1. The summed E-state index contributed by atoms with van der Waals surface area (Å²) in [5.41, 5.74) is 1.11. The Balaban J connectivity index is 2.36. The van der Waals surface area contributed by atoms with Gasteiger partial charge in [0, 0.05) is 6.54 Å². The molecule has 1 aromatic rings. The fourth-order valence-corrected chi connectivity index (χ4v) is 2.38. The number of carboxylic acids is 1. The number of nitrogens with one attached hydrogen (secondary N) is 1. The van der Waals surface area contributed by atoms with E-state index >= 15 is 0 Å². The number of aromatic carboxylic acids is 1. The van der Waals surface area contributed by atoms with E-state index in [-0.39, 0.29) is 11.5 Å². The van der Waals surface area contributed by atoms with E-state index in [4.69, 9.17) is 4.74 Å². The van der Waals surface area contributed by atoms with Gasteiger partial charge in [0.1, 0.15) is 11.6 Å². The van der Waals surface area contributed by atoms with E-state index < -0.39 is 17.6 Å². The first-order valence-electron chi connectivity index (χ1n) is 6.61. The van der Waals surface area contributed by atoms with Crippen LogP contribution in [0.15, 0.2) is 18.2 Å². The Morgan fingerprint density at radius 3 is 2.65 bits per heavy atom. The second-order valence-corrected chi connectivity index (χ2v) is 5.85. The molecule has 1 aliphatic heterocycles. The molecule has 0 spiro atoms. The number of fused-ring (bicyclic) bond motifs is 1. The van der Waals surface area contributed by atoms with Crippen LogP contribution in [0, 0.1) is 0 Å². The van der Waals surface area contributed by atoms with E-state index in [9.17, 15) is 14.7 Å². The van der Waals surface area contributed by atoms with Crippen molar-refractivity contribution >= 4 is 11.9 Å². The summed E-state index contributed by atoms with van der Waals surface area (Å²) < 4.78 is 5.39. The first-order valence-corrected chi connectivity index (χ1v) is 6.61. The van der Waals surface area contributed by atoms with Crippen molar-refractivity contribution in [2.75, 3.05) is 6.54 Å². The number of ether oxygens (including phenoxy) is 1. The minimum atomic E-state index is -0.966. The summed E-state index contributed by atoms with van der Waals surface area (Å²) in [6, 6.07) is 4.41. The molecule has 1 heterocycles. The predicted octanol–water partition coefficient (Wildman–Crippen LogP) is 1.91. The molecule has 5 nitrogen and oxygen atoms in total. The number of carbonyl (C=O) groups excluding carboxylic acids is 1. The van der Waals surface area contributed by atoms with Crippen molar-refractivity contribution in [2.45, 2.75) is 38.8 Å². The predicted molar refractivity (Wildman–Crippen MR) is 73.7 cm³/mol. The van der Waals surface area contributed by atoms with Crippen molar-refractivity contribution in [3.05, 3.63) is 34.9 Å². The van der Waals surface area contributed by atoms with Gasteiger partial charge in [-0.3, -0.25) is 0 Å². The highest BCUT2D eigenvalue weighted by Crippen LogP contribution is 2.28. The molecule has 108 valence electrons. The summed E-state index contributed by atoms with van der Waals surface area (Å²) in [4.78, 5) is 23.5. The Morgan fingerprint density at radius 1 is 1.35 bits per heavy atom. The third-order valence-corrected chi connectivity index (χ3v) is 3.12. The average Bonchev–Trinajstić information content (AvgIpc) is 2.35. The molecule has 0 fully saturated rings. The number of rotatable bonds is 2. The summed E-state index contributed by atoms with van der Waals surface area (Å²) >= 11 is 0. The molecule has 0 radical (unpaired) electrons. The number of carbonyl (C=O) groups is 2. The zero-order valence-electron chi connectivity index (χ0n) is 11.9. The maximum Gasteiger partial charge on any atom is 0.335 e. The highest BCUT2D eigenvalue weighted by molar-refractivity contribution is 5.91. The van der Waals surface area contributed by atoms with Crippen LogP contribution < -0.4 is 5.32 Å². The first-order chi connectivity index (χ1) is 9.29. The highest BCUT2D eigenvalue weighted by atomic mass is 16.6. The lowest BCUT2D eigenvalue weighted by Gasteiger charge is -2.29. The molecule has 0 bridgehead atoms. The zero-order chi connectivity index (χ0) is 14.9. The summed E-state index contributed by atoms with van der Waals surface area (Å²) in [5, 5.41) is 12.3. The van der Waals surface area contributed by atoms with Gasteiger partial charge in [-0.1, -0.05) is 12.1 Å². The summed E-state index contributed by atoms with van der Waals surface area (Å²) in [6.45, 7) is 5.98. The zero-order valence-corrected chi connectivity index (χ0v) is 11.9. The second kappa shape index (κ2) is 5.25. The molecule has 0 aliphatic carbocycles. The largest absolute Gasteiger partial charge is 0.478 e. The fraction of sp³-hybridized carbons (Fsp3) is 0.467. The molecular weight excluding hydrogens is 258 g/mol. The van der Waals surface area contributed by atoms with Gasteiger partial charge in [-0.05, 0) is 44.4 Å². The quantitative estimate of drug-likeness (QED) is 0.808. The van der Waals surface area contributed by atoms with E-state index in [1.807, 2.05) is 20.8 Å². The lowest BCUT2D eigenvalue weighted by atomic mass is 9.90. The molecule has 1 unspecified atom stereocenters. The summed E-state index contributed by atoms with van der Waals surface area (Å²) in [6.07, 6.45) is 0.594.